The first-order chi connectivity index (χ1) is 11.6. The fraction of sp³-hybridized carbons (Fsp3) is 0.118. The van der Waals surface area contributed by atoms with Crippen molar-refractivity contribution in [3.05, 3.63) is 66.2 Å². The van der Waals surface area contributed by atoms with Gasteiger partial charge in [0.2, 0.25) is 5.91 Å². The molecular weight excluding hydrogens is 308 g/mol. The average Bonchev–Trinajstić information content (AvgIpc) is 2.60. The zero-order valence-electron chi connectivity index (χ0n) is 12.9. The number of para-hydroxylation sites is 1. The van der Waals surface area contributed by atoms with Crippen molar-refractivity contribution in [2.24, 2.45) is 0 Å². The number of benzene rings is 2. The van der Waals surface area contributed by atoms with Crippen LogP contribution in [0.5, 0.6) is 0 Å². The lowest BCUT2D eigenvalue weighted by Gasteiger charge is -2.09. The molecule has 7 nitrogen and oxygen atoms in total. The van der Waals surface area contributed by atoms with Crippen LogP contribution in [0.3, 0.4) is 0 Å². The highest BCUT2D eigenvalue weighted by atomic mass is 16.2. The van der Waals surface area contributed by atoms with Crippen molar-refractivity contribution in [1.82, 2.24) is 16.2 Å². The molecule has 4 N–H and O–H groups in total. The minimum Gasteiger partial charge on any atom is -0.329 e. The van der Waals surface area contributed by atoms with E-state index in [0.29, 0.717) is 5.69 Å². The number of carbonyl (C=O) groups is 3. The number of anilines is 1. The standard InChI is InChI=1S/C17H18N4O3/c22-15(11-13-7-3-1-4-8-13)20-21-16(23)12-18-17(24)19-14-9-5-2-6-10-14/h1-10H,11-12H2,(H,20,22)(H,21,23)(H2,18,19,24). The molecule has 0 aromatic heterocycles. The Morgan fingerprint density at radius 1 is 0.750 bits per heavy atom. The summed E-state index contributed by atoms with van der Waals surface area (Å²) in [6, 6.07) is 17.5. The molecule has 4 amide bonds. The molecule has 0 aliphatic carbocycles. The molecule has 0 saturated carbocycles. The quantitative estimate of drug-likeness (QED) is 0.621. The number of rotatable bonds is 5. The Balaban J connectivity index is 1.64. The number of hydrazine groups is 1. The van der Waals surface area contributed by atoms with E-state index in [0.717, 1.165) is 5.56 Å². The van der Waals surface area contributed by atoms with Crippen LogP contribution in [0, 0.1) is 0 Å². The predicted molar refractivity (Wildman–Crippen MR) is 89.9 cm³/mol. The highest BCUT2D eigenvalue weighted by Gasteiger charge is 2.07. The zero-order valence-corrected chi connectivity index (χ0v) is 12.9. The molecule has 2 aromatic rings. The van der Waals surface area contributed by atoms with Crippen molar-refractivity contribution in [3.63, 3.8) is 0 Å². The summed E-state index contributed by atoms with van der Waals surface area (Å²) in [5.41, 5.74) is 5.99. The van der Waals surface area contributed by atoms with Gasteiger partial charge in [-0.05, 0) is 17.7 Å². The van der Waals surface area contributed by atoms with Crippen molar-refractivity contribution in [2.75, 3.05) is 11.9 Å². The number of hydrogen-bond donors (Lipinski definition) is 4. The van der Waals surface area contributed by atoms with Crippen molar-refractivity contribution in [2.45, 2.75) is 6.42 Å². The van der Waals surface area contributed by atoms with Gasteiger partial charge in [-0.25, -0.2) is 4.79 Å². The molecule has 24 heavy (non-hydrogen) atoms. The lowest BCUT2D eigenvalue weighted by Crippen LogP contribution is -2.47. The van der Waals surface area contributed by atoms with Crippen LogP contribution in [0.4, 0.5) is 10.5 Å². The highest BCUT2D eigenvalue weighted by Crippen LogP contribution is 2.03. The van der Waals surface area contributed by atoms with Gasteiger partial charge in [-0.2, -0.15) is 0 Å². The first-order valence-electron chi connectivity index (χ1n) is 7.35. The third-order valence-corrected chi connectivity index (χ3v) is 2.99. The van der Waals surface area contributed by atoms with Gasteiger partial charge in [-0.1, -0.05) is 48.5 Å². The Hall–Kier alpha value is -3.35. The summed E-state index contributed by atoms with van der Waals surface area (Å²) >= 11 is 0. The molecule has 0 atom stereocenters. The predicted octanol–water partition coefficient (Wildman–Crippen LogP) is 1.20. The van der Waals surface area contributed by atoms with Crippen LogP contribution in [0.15, 0.2) is 60.7 Å². The molecule has 0 saturated heterocycles. The van der Waals surface area contributed by atoms with E-state index in [9.17, 15) is 14.4 Å². The van der Waals surface area contributed by atoms with E-state index in [1.165, 1.54) is 0 Å². The minimum absolute atomic E-state index is 0.156. The number of carbonyl (C=O) groups excluding carboxylic acids is 3. The van der Waals surface area contributed by atoms with E-state index in [1.54, 1.807) is 24.3 Å². The van der Waals surface area contributed by atoms with Gasteiger partial charge >= 0.3 is 6.03 Å². The summed E-state index contributed by atoms with van der Waals surface area (Å²) in [6.07, 6.45) is 0.156. The molecule has 0 heterocycles. The normalized spacial score (nSPS) is 9.67. The van der Waals surface area contributed by atoms with Crippen molar-refractivity contribution < 1.29 is 14.4 Å². The van der Waals surface area contributed by atoms with E-state index in [-0.39, 0.29) is 18.9 Å². The van der Waals surface area contributed by atoms with Crippen LogP contribution in [-0.4, -0.2) is 24.4 Å². The molecule has 0 unspecified atom stereocenters. The van der Waals surface area contributed by atoms with Crippen LogP contribution < -0.4 is 21.5 Å². The molecule has 7 heteroatoms. The molecular formula is C17H18N4O3. The van der Waals surface area contributed by atoms with Crippen LogP contribution in [0.25, 0.3) is 0 Å². The van der Waals surface area contributed by atoms with Crippen molar-refractivity contribution in [3.8, 4) is 0 Å². The molecule has 0 bridgehead atoms. The summed E-state index contributed by atoms with van der Waals surface area (Å²) < 4.78 is 0. The van der Waals surface area contributed by atoms with E-state index in [1.807, 2.05) is 36.4 Å². The van der Waals surface area contributed by atoms with Gasteiger partial charge < -0.3 is 10.6 Å². The second-order valence-electron chi connectivity index (χ2n) is 4.93. The largest absolute Gasteiger partial charge is 0.329 e. The maximum atomic E-state index is 11.7. The van der Waals surface area contributed by atoms with Crippen LogP contribution >= 0.6 is 0 Å². The Labute approximate surface area is 139 Å². The summed E-state index contributed by atoms with van der Waals surface area (Å²) in [5, 5.41) is 4.97. The van der Waals surface area contributed by atoms with E-state index in [2.05, 4.69) is 21.5 Å². The first-order valence-corrected chi connectivity index (χ1v) is 7.35. The fourth-order valence-corrected chi connectivity index (χ4v) is 1.87. The molecule has 2 rings (SSSR count). The highest BCUT2D eigenvalue weighted by molar-refractivity contribution is 5.92. The van der Waals surface area contributed by atoms with Crippen molar-refractivity contribution >= 4 is 23.5 Å². The lowest BCUT2D eigenvalue weighted by atomic mass is 10.1. The fourth-order valence-electron chi connectivity index (χ4n) is 1.87. The SMILES string of the molecule is O=C(CNC(=O)Nc1ccccc1)NNC(=O)Cc1ccccc1. The third-order valence-electron chi connectivity index (χ3n) is 2.99. The van der Waals surface area contributed by atoms with Gasteiger partial charge in [0.15, 0.2) is 0 Å². The Kier molecular flexibility index (Phi) is 6.34. The molecule has 0 aliphatic heterocycles. The van der Waals surface area contributed by atoms with Gasteiger partial charge in [-0.3, -0.25) is 20.4 Å². The van der Waals surface area contributed by atoms with Crippen molar-refractivity contribution in [1.29, 1.82) is 0 Å². The smallest absolute Gasteiger partial charge is 0.319 e. The lowest BCUT2D eigenvalue weighted by molar-refractivity contribution is -0.128. The summed E-state index contributed by atoms with van der Waals surface area (Å²) in [5.74, 6) is -0.872. The Morgan fingerprint density at radius 3 is 2.00 bits per heavy atom. The Morgan fingerprint density at radius 2 is 1.33 bits per heavy atom. The molecule has 0 spiro atoms. The van der Waals surface area contributed by atoms with Crippen LogP contribution in [-0.2, 0) is 16.0 Å². The van der Waals surface area contributed by atoms with Crippen LogP contribution in [0.1, 0.15) is 5.56 Å². The van der Waals surface area contributed by atoms with E-state index >= 15 is 0 Å². The Bertz CT molecular complexity index is 630. The zero-order chi connectivity index (χ0) is 17.2. The number of hydrogen-bond acceptors (Lipinski definition) is 3. The van der Waals surface area contributed by atoms with Gasteiger partial charge in [-0.15, -0.1) is 0 Å². The third kappa shape index (κ3) is 6.18. The van der Waals surface area contributed by atoms with E-state index in [4.69, 9.17) is 0 Å². The van der Waals surface area contributed by atoms with Gasteiger partial charge in [0, 0.05) is 5.69 Å². The summed E-state index contributed by atoms with van der Waals surface area (Å²) in [7, 11) is 0. The second-order valence-corrected chi connectivity index (χ2v) is 4.93. The monoisotopic (exact) mass is 326 g/mol. The maximum Gasteiger partial charge on any atom is 0.319 e. The van der Waals surface area contributed by atoms with Gasteiger partial charge in [0.1, 0.15) is 6.54 Å². The minimum atomic E-state index is -0.528. The second kappa shape index (κ2) is 8.94. The molecule has 0 aliphatic rings. The van der Waals surface area contributed by atoms with E-state index < -0.39 is 11.9 Å². The number of urea groups is 1. The molecule has 124 valence electrons. The summed E-state index contributed by atoms with van der Waals surface area (Å²) in [4.78, 5) is 34.9. The summed E-state index contributed by atoms with van der Waals surface area (Å²) in [6.45, 7) is -0.260. The van der Waals surface area contributed by atoms with Gasteiger partial charge in [0.05, 0.1) is 6.42 Å². The van der Waals surface area contributed by atoms with Gasteiger partial charge in [0.25, 0.3) is 5.91 Å². The topological polar surface area (TPSA) is 99.3 Å². The van der Waals surface area contributed by atoms with Crippen LogP contribution in [0.2, 0.25) is 0 Å². The molecule has 0 fully saturated rings. The molecule has 2 aromatic carbocycles. The average molecular weight is 326 g/mol. The number of nitrogens with one attached hydrogen (secondary N) is 4. The first kappa shape index (κ1) is 17.0. The molecule has 0 radical (unpaired) electrons. The maximum absolute atomic E-state index is 11.7. The number of amides is 4.